The number of rotatable bonds is 4. The molecule has 3 fully saturated rings. The third-order valence-electron chi connectivity index (χ3n) is 5.88. The van der Waals surface area contributed by atoms with Crippen molar-refractivity contribution < 1.29 is 0 Å². The van der Waals surface area contributed by atoms with E-state index in [4.69, 9.17) is 0 Å². The minimum absolute atomic E-state index is 0.162. The molecule has 3 atom stereocenters. The molecular weight excluding hydrogens is 284 g/mol. The summed E-state index contributed by atoms with van der Waals surface area (Å²) in [5, 5.41) is 0. The second kappa shape index (κ2) is 4.98. The first-order chi connectivity index (χ1) is 11.3. The molecule has 0 bridgehead atoms. The quantitative estimate of drug-likeness (QED) is 0.867. The smallest absolute Gasteiger partial charge is 0.252 e. The van der Waals surface area contributed by atoms with Gasteiger partial charge in [0.25, 0.3) is 5.56 Å². The summed E-state index contributed by atoms with van der Waals surface area (Å²) in [6.07, 6.45) is 4.56. The molecule has 2 saturated carbocycles. The van der Waals surface area contributed by atoms with Crippen LogP contribution in [0.3, 0.4) is 0 Å². The van der Waals surface area contributed by atoms with Crippen LogP contribution in [0.15, 0.2) is 53.5 Å². The fraction of sp³-hybridized carbons (Fsp3) is 0.450. The lowest BCUT2D eigenvalue weighted by atomic mass is 10.1. The van der Waals surface area contributed by atoms with Crippen molar-refractivity contribution in [1.29, 1.82) is 0 Å². The van der Waals surface area contributed by atoms with Gasteiger partial charge in [0.05, 0.1) is 0 Å². The molecule has 0 amide bonds. The van der Waals surface area contributed by atoms with Gasteiger partial charge in [-0.1, -0.05) is 30.3 Å². The van der Waals surface area contributed by atoms with Gasteiger partial charge in [-0.2, -0.15) is 0 Å². The highest BCUT2D eigenvalue weighted by Crippen LogP contribution is 2.58. The molecule has 1 aromatic heterocycles. The topological polar surface area (TPSA) is 25.2 Å². The predicted molar refractivity (Wildman–Crippen MR) is 91.8 cm³/mol. The van der Waals surface area contributed by atoms with E-state index >= 15 is 0 Å². The fourth-order valence-corrected chi connectivity index (χ4v) is 4.33. The van der Waals surface area contributed by atoms with Gasteiger partial charge in [-0.3, -0.25) is 4.79 Å². The number of aromatic nitrogens is 1. The van der Waals surface area contributed by atoms with Gasteiger partial charge in [0, 0.05) is 37.6 Å². The number of hydrogen-bond donors (Lipinski definition) is 0. The lowest BCUT2D eigenvalue weighted by Crippen LogP contribution is -2.27. The largest absolute Gasteiger partial charge is 0.371 e. The van der Waals surface area contributed by atoms with Gasteiger partial charge in [0.15, 0.2) is 0 Å². The summed E-state index contributed by atoms with van der Waals surface area (Å²) in [7, 11) is 0. The average molecular weight is 306 g/mol. The Morgan fingerprint density at radius 1 is 1.00 bits per heavy atom. The van der Waals surface area contributed by atoms with E-state index < -0.39 is 0 Å². The highest BCUT2D eigenvalue weighted by atomic mass is 16.1. The molecule has 3 aliphatic rings. The lowest BCUT2D eigenvalue weighted by molar-refractivity contribution is 0.606. The first kappa shape index (κ1) is 13.4. The van der Waals surface area contributed by atoms with Crippen molar-refractivity contribution in [1.82, 2.24) is 4.57 Å². The Labute approximate surface area is 136 Å². The zero-order chi connectivity index (χ0) is 15.4. The van der Waals surface area contributed by atoms with Crippen LogP contribution in [-0.4, -0.2) is 17.7 Å². The van der Waals surface area contributed by atoms with Crippen LogP contribution < -0.4 is 10.5 Å². The summed E-state index contributed by atoms with van der Waals surface area (Å²) in [6.45, 7) is 3.09. The minimum Gasteiger partial charge on any atom is -0.371 e. The first-order valence-corrected chi connectivity index (χ1v) is 8.80. The molecule has 3 nitrogen and oxygen atoms in total. The number of nitrogens with zero attached hydrogens (tertiary/aromatic N) is 2. The molecular formula is C20H22N2O. The molecule has 0 N–H and O–H groups in total. The van der Waals surface area contributed by atoms with E-state index in [0.29, 0.717) is 0 Å². The number of pyridine rings is 1. The van der Waals surface area contributed by atoms with E-state index in [1.165, 1.54) is 18.4 Å². The Bertz CT molecular complexity index is 766. The highest BCUT2D eigenvalue weighted by Gasteiger charge is 2.56. The summed E-state index contributed by atoms with van der Waals surface area (Å²) < 4.78 is 1.88. The normalized spacial score (nSPS) is 28.7. The van der Waals surface area contributed by atoms with Gasteiger partial charge in [-0.25, -0.2) is 0 Å². The third kappa shape index (κ3) is 2.39. The molecule has 2 aromatic rings. The van der Waals surface area contributed by atoms with E-state index in [1.807, 2.05) is 16.8 Å². The molecule has 2 heterocycles. The lowest BCUT2D eigenvalue weighted by Gasteiger charge is -2.22. The Hall–Kier alpha value is -2.03. The van der Waals surface area contributed by atoms with Crippen molar-refractivity contribution in [3.8, 4) is 0 Å². The molecule has 1 aromatic carbocycles. The summed E-state index contributed by atoms with van der Waals surface area (Å²) in [5.41, 5.74) is 2.76. The standard InChI is InChI=1S/C20H22N2O/c23-19-10-16(8-9-21(19)11-14-6-7-14)22-12-17-18(13-22)20(17)15-4-2-1-3-5-15/h1-5,8-10,14,17-18,20H,6-7,11-13H2/t17-,18+,20?. The third-order valence-corrected chi connectivity index (χ3v) is 5.88. The second-order valence-corrected chi connectivity index (χ2v) is 7.49. The maximum atomic E-state index is 12.3. The van der Waals surface area contributed by atoms with E-state index in [1.54, 1.807) is 0 Å². The van der Waals surface area contributed by atoms with Crippen molar-refractivity contribution in [2.24, 2.45) is 17.8 Å². The van der Waals surface area contributed by atoms with Gasteiger partial charge in [0.2, 0.25) is 0 Å². The Balaban J connectivity index is 1.28. The SMILES string of the molecule is O=c1cc(N2C[C@@H]3C(c4ccccc4)[C@@H]3C2)ccn1CC1CC1. The van der Waals surface area contributed by atoms with E-state index in [2.05, 4.69) is 41.3 Å². The zero-order valence-corrected chi connectivity index (χ0v) is 13.3. The van der Waals surface area contributed by atoms with E-state index in [-0.39, 0.29) is 5.56 Å². The van der Waals surface area contributed by atoms with Crippen LogP contribution in [0.4, 0.5) is 5.69 Å². The Morgan fingerprint density at radius 2 is 1.74 bits per heavy atom. The van der Waals surface area contributed by atoms with Crippen molar-refractivity contribution in [2.75, 3.05) is 18.0 Å². The fourth-order valence-electron chi connectivity index (χ4n) is 4.33. The molecule has 118 valence electrons. The molecule has 0 spiro atoms. The van der Waals surface area contributed by atoms with Gasteiger partial charge >= 0.3 is 0 Å². The van der Waals surface area contributed by atoms with Crippen molar-refractivity contribution in [3.05, 3.63) is 64.6 Å². The minimum atomic E-state index is 0.162. The molecule has 1 saturated heterocycles. The molecule has 3 heteroatoms. The monoisotopic (exact) mass is 306 g/mol. The van der Waals surface area contributed by atoms with E-state index in [0.717, 1.165) is 49.0 Å². The molecule has 0 radical (unpaired) electrons. The van der Waals surface area contributed by atoms with E-state index in [9.17, 15) is 4.79 Å². The van der Waals surface area contributed by atoms with Gasteiger partial charge in [-0.15, -0.1) is 0 Å². The Morgan fingerprint density at radius 3 is 2.39 bits per heavy atom. The molecule has 2 aliphatic carbocycles. The Kier molecular flexibility index (Phi) is 2.91. The van der Waals surface area contributed by atoms with Gasteiger partial charge in [-0.05, 0) is 48.1 Å². The number of piperidine rings is 1. The first-order valence-electron chi connectivity index (χ1n) is 8.80. The number of anilines is 1. The van der Waals surface area contributed by atoms with Crippen LogP contribution in [-0.2, 0) is 6.54 Å². The van der Waals surface area contributed by atoms with Crippen LogP contribution in [0.5, 0.6) is 0 Å². The maximum absolute atomic E-state index is 12.3. The highest BCUT2D eigenvalue weighted by molar-refractivity contribution is 5.49. The second-order valence-electron chi connectivity index (χ2n) is 7.49. The number of benzene rings is 1. The molecule has 1 unspecified atom stereocenters. The predicted octanol–water partition coefficient (Wildman–Crippen LogP) is 3.11. The van der Waals surface area contributed by atoms with Crippen molar-refractivity contribution >= 4 is 5.69 Å². The zero-order valence-electron chi connectivity index (χ0n) is 13.3. The van der Waals surface area contributed by atoms with Crippen LogP contribution in [0, 0.1) is 17.8 Å². The summed E-state index contributed by atoms with van der Waals surface area (Å²) in [5.74, 6) is 3.02. The number of hydrogen-bond acceptors (Lipinski definition) is 2. The summed E-state index contributed by atoms with van der Waals surface area (Å²) in [4.78, 5) is 14.7. The molecule has 5 rings (SSSR count). The van der Waals surface area contributed by atoms with Gasteiger partial charge < -0.3 is 9.47 Å². The maximum Gasteiger partial charge on any atom is 0.252 e. The average Bonchev–Trinajstić information content (AvgIpc) is 3.48. The summed E-state index contributed by atoms with van der Waals surface area (Å²) in [6, 6.07) is 14.8. The van der Waals surface area contributed by atoms with Crippen molar-refractivity contribution in [3.63, 3.8) is 0 Å². The van der Waals surface area contributed by atoms with Gasteiger partial charge in [0.1, 0.15) is 0 Å². The number of fused-ring (bicyclic) bond motifs is 1. The molecule has 1 aliphatic heterocycles. The van der Waals surface area contributed by atoms with Crippen LogP contribution in [0.25, 0.3) is 0 Å². The molecule has 23 heavy (non-hydrogen) atoms. The summed E-state index contributed by atoms with van der Waals surface area (Å²) >= 11 is 0. The van der Waals surface area contributed by atoms with Crippen LogP contribution >= 0.6 is 0 Å². The van der Waals surface area contributed by atoms with Crippen LogP contribution in [0.2, 0.25) is 0 Å². The van der Waals surface area contributed by atoms with Crippen molar-refractivity contribution in [2.45, 2.75) is 25.3 Å². The van der Waals surface area contributed by atoms with Crippen LogP contribution in [0.1, 0.15) is 24.3 Å².